The first-order valence-electron chi connectivity index (χ1n) is 7.19. The van der Waals surface area contributed by atoms with E-state index in [4.69, 9.17) is 0 Å². The molecule has 2 aromatic heterocycles. The predicted octanol–water partition coefficient (Wildman–Crippen LogP) is 4.20. The van der Waals surface area contributed by atoms with Crippen LogP contribution in [0, 0.1) is 0 Å². The van der Waals surface area contributed by atoms with E-state index < -0.39 is 8.07 Å². The molecule has 3 aromatic rings. The molecule has 0 aliphatic carbocycles. The van der Waals surface area contributed by atoms with Crippen molar-refractivity contribution in [1.29, 1.82) is 0 Å². The van der Waals surface area contributed by atoms with Gasteiger partial charge in [0.25, 0.3) is 0 Å². The molecular weight excluding hydrogens is 320 g/mol. The SMILES string of the molecule is C=Cc1ccc([Si](C)(c2ccccc2)c2ccc(C=C)s2)s1. The van der Waals surface area contributed by atoms with Crippen LogP contribution in [0.15, 0.2) is 67.8 Å². The summed E-state index contributed by atoms with van der Waals surface area (Å²) in [5, 5.41) is 1.45. The van der Waals surface area contributed by atoms with Gasteiger partial charge < -0.3 is 0 Å². The quantitative estimate of drug-likeness (QED) is 0.612. The minimum absolute atomic E-state index is 1.24. The maximum Gasteiger partial charge on any atom is 0.169 e. The fourth-order valence-electron chi connectivity index (χ4n) is 2.64. The Morgan fingerprint density at radius 3 is 1.68 bits per heavy atom. The third-order valence-corrected chi connectivity index (χ3v) is 12.6. The van der Waals surface area contributed by atoms with Crippen LogP contribution >= 0.6 is 22.7 Å². The van der Waals surface area contributed by atoms with Crippen molar-refractivity contribution in [3.05, 3.63) is 77.5 Å². The van der Waals surface area contributed by atoms with Gasteiger partial charge in [-0.25, -0.2) is 0 Å². The van der Waals surface area contributed by atoms with Gasteiger partial charge in [-0.2, -0.15) is 0 Å². The first-order valence-corrected chi connectivity index (χ1v) is 11.3. The van der Waals surface area contributed by atoms with E-state index in [0.717, 1.165) is 0 Å². The molecule has 0 saturated heterocycles. The maximum absolute atomic E-state index is 3.90. The van der Waals surface area contributed by atoms with Gasteiger partial charge >= 0.3 is 0 Å². The van der Waals surface area contributed by atoms with Gasteiger partial charge in [-0.15, -0.1) is 22.7 Å². The third kappa shape index (κ3) is 2.56. The molecule has 0 amide bonds. The van der Waals surface area contributed by atoms with E-state index in [1.807, 2.05) is 34.8 Å². The van der Waals surface area contributed by atoms with Crippen LogP contribution in [-0.4, -0.2) is 8.07 Å². The highest BCUT2D eigenvalue weighted by molar-refractivity contribution is 7.40. The maximum atomic E-state index is 3.90. The summed E-state index contributed by atoms with van der Waals surface area (Å²) >= 11 is 3.74. The molecule has 22 heavy (non-hydrogen) atoms. The zero-order chi connectivity index (χ0) is 15.6. The summed E-state index contributed by atoms with van der Waals surface area (Å²) in [6.45, 7) is 10.3. The van der Waals surface area contributed by atoms with Crippen LogP contribution in [0.1, 0.15) is 9.75 Å². The van der Waals surface area contributed by atoms with Crippen LogP contribution in [-0.2, 0) is 0 Å². The van der Waals surface area contributed by atoms with Crippen molar-refractivity contribution >= 4 is 57.1 Å². The Morgan fingerprint density at radius 1 is 0.773 bits per heavy atom. The monoisotopic (exact) mass is 338 g/mol. The Hall–Kier alpha value is -1.68. The van der Waals surface area contributed by atoms with Crippen molar-refractivity contribution in [2.75, 3.05) is 0 Å². The predicted molar refractivity (Wildman–Crippen MR) is 106 cm³/mol. The number of hydrogen-bond acceptors (Lipinski definition) is 2. The van der Waals surface area contributed by atoms with E-state index in [1.54, 1.807) is 0 Å². The molecule has 1 aromatic carbocycles. The lowest BCUT2D eigenvalue weighted by Crippen LogP contribution is -2.62. The fraction of sp³-hybridized carbons (Fsp3) is 0.0526. The molecule has 110 valence electrons. The smallest absolute Gasteiger partial charge is 0.145 e. The molecule has 0 radical (unpaired) electrons. The lowest BCUT2D eigenvalue weighted by molar-refractivity contribution is 1.74. The fourth-order valence-corrected chi connectivity index (χ4v) is 10.3. The first-order chi connectivity index (χ1) is 10.7. The van der Waals surface area contributed by atoms with E-state index in [1.165, 1.54) is 23.9 Å². The molecule has 0 aliphatic rings. The number of thiophene rings is 2. The Kier molecular flexibility index (Phi) is 4.29. The van der Waals surface area contributed by atoms with Crippen molar-refractivity contribution in [2.45, 2.75) is 6.55 Å². The minimum atomic E-state index is -1.93. The van der Waals surface area contributed by atoms with Gasteiger partial charge in [-0.3, -0.25) is 0 Å². The average molecular weight is 339 g/mol. The highest BCUT2D eigenvalue weighted by Crippen LogP contribution is 2.19. The third-order valence-electron chi connectivity index (χ3n) is 3.99. The molecule has 0 bridgehead atoms. The lowest BCUT2D eigenvalue weighted by atomic mass is 10.4. The normalized spacial score (nSPS) is 11.3. The number of benzene rings is 1. The van der Waals surface area contributed by atoms with Crippen molar-refractivity contribution in [2.24, 2.45) is 0 Å². The van der Waals surface area contributed by atoms with Gasteiger partial charge in [0.1, 0.15) is 0 Å². The second-order valence-corrected chi connectivity index (χ2v) is 12.2. The van der Waals surface area contributed by atoms with Gasteiger partial charge in [-0.1, -0.05) is 74.3 Å². The molecular formula is C19H18S2Si. The molecule has 3 heteroatoms. The van der Waals surface area contributed by atoms with Crippen LogP contribution in [0.25, 0.3) is 12.2 Å². The number of rotatable bonds is 5. The summed E-state index contributed by atoms with van der Waals surface area (Å²) in [5.41, 5.74) is 0. The molecule has 0 nitrogen and oxygen atoms in total. The summed E-state index contributed by atoms with van der Waals surface area (Å²) in [7, 11) is -1.93. The summed E-state index contributed by atoms with van der Waals surface area (Å²) in [4.78, 5) is 2.48. The lowest BCUT2D eigenvalue weighted by Gasteiger charge is -2.25. The van der Waals surface area contributed by atoms with E-state index >= 15 is 0 Å². The molecule has 3 rings (SSSR count). The van der Waals surface area contributed by atoms with Crippen molar-refractivity contribution < 1.29 is 0 Å². The van der Waals surface area contributed by atoms with Gasteiger partial charge in [-0.05, 0) is 17.3 Å². The van der Waals surface area contributed by atoms with Gasteiger partial charge in [0, 0.05) is 18.8 Å². The van der Waals surface area contributed by atoms with Crippen LogP contribution < -0.4 is 14.2 Å². The Morgan fingerprint density at radius 2 is 1.27 bits per heavy atom. The first kappa shape index (κ1) is 15.2. The Labute approximate surface area is 141 Å². The second-order valence-electron chi connectivity index (χ2n) is 5.30. The van der Waals surface area contributed by atoms with Gasteiger partial charge in [0.15, 0.2) is 8.07 Å². The highest BCUT2D eigenvalue weighted by Gasteiger charge is 2.36. The van der Waals surface area contributed by atoms with Crippen LogP contribution in [0.3, 0.4) is 0 Å². The molecule has 0 spiro atoms. The molecule has 0 saturated carbocycles. The van der Waals surface area contributed by atoms with Crippen LogP contribution in [0.2, 0.25) is 6.55 Å². The minimum Gasteiger partial charge on any atom is -0.145 e. The van der Waals surface area contributed by atoms with Gasteiger partial charge in [0.05, 0.1) is 0 Å². The summed E-state index contributed by atoms with van der Waals surface area (Å²) in [6.07, 6.45) is 3.88. The van der Waals surface area contributed by atoms with E-state index in [-0.39, 0.29) is 0 Å². The largest absolute Gasteiger partial charge is 0.169 e. The van der Waals surface area contributed by atoms with Crippen LogP contribution in [0.4, 0.5) is 0 Å². The van der Waals surface area contributed by atoms with Crippen molar-refractivity contribution in [3.63, 3.8) is 0 Å². The van der Waals surface area contributed by atoms with Gasteiger partial charge in [0.2, 0.25) is 0 Å². The summed E-state index contributed by atoms with van der Waals surface area (Å²) in [5.74, 6) is 0. The molecule has 0 aliphatic heterocycles. The standard InChI is InChI=1S/C19H18S2Si/c1-4-15-11-13-18(20-15)22(3,17-9-7-6-8-10-17)19-14-12-16(5-2)21-19/h4-14H,1-2H2,3H3. The average Bonchev–Trinajstić information content (AvgIpc) is 3.24. The Balaban J connectivity index is 2.21. The zero-order valence-corrected chi connectivity index (χ0v) is 15.2. The van der Waals surface area contributed by atoms with E-state index in [9.17, 15) is 0 Å². The number of hydrogen-bond donors (Lipinski definition) is 0. The summed E-state index contributed by atoms with van der Waals surface area (Å²) < 4.78 is 2.96. The topological polar surface area (TPSA) is 0 Å². The van der Waals surface area contributed by atoms with E-state index in [2.05, 4.69) is 74.3 Å². The molecule has 2 heterocycles. The Bertz CT molecular complexity index is 749. The molecule has 0 atom stereocenters. The molecule has 0 N–H and O–H groups in total. The highest BCUT2D eigenvalue weighted by atomic mass is 32.1. The van der Waals surface area contributed by atoms with Crippen molar-refractivity contribution in [1.82, 2.24) is 0 Å². The van der Waals surface area contributed by atoms with Crippen molar-refractivity contribution in [3.8, 4) is 0 Å². The summed E-state index contributed by atoms with van der Waals surface area (Å²) in [6, 6.07) is 19.9. The van der Waals surface area contributed by atoms with Crippen LogP contribution in [0.5, 0.6) is 0 Å². The van der Waals surface area contributed by atoms with E-state index in [0.29, 0.717) is 0 Å². The molecule has 0 fully saturated rings. The second kappa shape index (κ2) is 6.21. The molecule has 0 unspecified atom stereocenters. The zero-order valence-electron chi connectivity index (χ0n) is 12.6.